The second-order valence-corrected chi connectivity index (χ2v) is 8.36. The lowest BCUT2D eigenvalue weighted by Crippen LogP contribution is -2.58. The van der Waals surface area contributed by atoms with Crippen molar-refractivity contribution in [1.29, 1.82) is 0 Å². The van der Waals surface area contributed by atoms with E-state index in [9.17, 15) is 9.59 Å². The van der Waals surface area contributed by atoms with E-state index in [1.807, 2.05) is 11.1 Å². The highest BCUT2D eigenvalue weighted by Gasteiger charge is 2.51. The number of rotatable bonds is 6. The molecule has 2 saturated carbocycles. The van der Waals surface area contributed by atoms with Crippen LogP contribution in [0.2, 0.25) is 0 Å². The van der Waals surface area contributed by atoms with Crippen LogP contribution >= 0.6 is 0 Å². The van der Waals surface area contributed by atoms with Crippen molar-refractivity contribution >= 4 is 11.8 Å². The van der Waals surface area contributed by atoms with Crippen molar-refractivity contribution in [2.75, 3.05) is 19.7 Å². The van der Waals surface area contributed by atoms with Gasteiger partial charge in [-0.15, -0.1) is 5.10 Å². The van der Waals surface area contributed by atoms with Crippen LogP contribution in [0, 0.1) is 11.3 Å². The highest BCUT2D eigenvalue weighted by Crippen LogP contribution is 2.48. The molecule has 0 aromatic carbocycles. The van der Waals surface area contributed by atoms with E-state index >= 15 is 0 Å². The van der Waals surface area contributed by atoms with Crippen molar-refractivity contribution in [3.05, 3.63) is 12.4 Å². The third-order valence-electron chi connectivity index (χ3n) is 6.30. The SMILES string of the molecule is CC1(C(=O)N2CCO[C@@H]3CC[C@H](C(=O)NCCCn4ccnn4)C[C@H]32)CC1. The van der Waals surface area contributed by atoms with E-state index < -0.39 is 0 Å². The number of fused-ring (bicyclic) bond motifs is 1. The molecule has 27 heavy (non-hydrogen) atoms. The maximum atomic E-state index is 12.9. The number of nitrogens with one attached hydrogen (secondary N) is 1. The zero-order valence-electron chi connectivity index (χ0n) is 16.0. The molecule has 0 bridgehead atoms. The summed E-state index contributed by atoms with van der Waals surface area (Å²) >= 11 is 0. The zero-order valence-corrected chi connectivity index (χ0v) is 16.0. The fraction of sp³-hybridized carbons (Fsp3) is 0.789. The number of carbonyl (C=O) groups is 2. The Balaban J connectivity index is 1.29. The van der Waals surface area contributed by atoms with Crippen LogP contribution in [0.4, 0.5) is 0 Å². The van der Waals surface area contributed by atoms with Crippen LogP contribution in [0.1, 0.15) is 45.4 Å². The Morgan fingerprint density at radius 1 is 1.33 bits per heavy atom. The summed E-state index contributed by atoms with van der Waals surface area (Å²) in [5, 5.41) is 10.7. The maximum absolute atomic E-state index is 12.9. The Morgan fingerprint density at radius 3 is 2.93 bits per heavy atom. The molecule has 148 valence electrons. The van der Waals surface area contributed by atoms with Crippen LogP contribution in [0.5, 0.6) is 0 Å². The normalized spacial score (nSPS) is 29.1. The lowest BCUT2D eigenvalue weighted by atomic mass is 9.81. The van der Waals surface area contributed by atoms with E-state index in [-0.39, 0.29) is 35.3 Å². The Hall–Kier alpha value is -1.96. The number of hydrogen-bond donors (Lipinski definition) is 1. The quantitative estimate of drug-likeness (QED) is 0.749. The molecule has 1 saturated heterocycles. The first-order valence-corrected chi connectivity index (χ1v) is 10.1. The number of ether oxygens (including phenoxy) is 1. The summed E-state index contributed by atoms with van der Waals surface area (Å²) in [6.07, 6.45) is 8.73. The smallest absolute Gasteiger partial charge is 0.228 e. The third kappa shape index (κ3) is 4.00. The average molecular weight is 375 g/mol. The standard InChI is InChI=1S/C19H29N5O3/c1-19(5-6-19)18(26)24-11-12-27-16-4-3-14(13-15(16)24)17(25)20-7-2-9-23-10-8-21-22-23/h8,10,14-16H,2-7,9,11-13H2,1H3,(H,20,25)/t14-,15+,16+/m0/s1. The number of amides is 2. The lowest BCUT2D eigenvalue weighted by molar-refractivity contribution is -0.158. The van der Waals surface area contributed by atoms with Crippen LogP contribution < -0.4 is 5.32 Å². The molecular formula is C19H29N5O3. The molecule has 4 rings (SSSR count). The van der Waals surface area contributed by atoms with Gasteiger partial charge in [-0.25, -0.2) is 0 Å². The number of carbonyl (C=O) groups excluding carboxylic acids is 2. The molecule has 0 spiro atoms. The van der Waals surface area contributed by atoms with Gasteiger partial charge >= 0.3 is 0 Å². The molecule has 2 heterocycles. The Morgan fingerprint density at radius 2 is 2.19 bits per heavy atom. The summed E-state index contributed by atoms with van der Waals surface area (Å²) in [6, 6.07) is 0.0447. The van der Waals surface area contributed by atoms with Crippen LogP contribution in [0.3, 0.4) is 0 Å². The largest absolute Gasteiger partial charge is 0.374 e. The monoisotopic (exact) mass is 375 g/mol. The van der Waals surface area contributed by atoms with Gasteiger partial charge in [0.2, 0.25) is 11.8 Å². The van der Waals surface area contributed by atoms with Gasteiger partial charge in [-0.05, 0) is 38.5 Å². The Labute approximate surface area is 159 Å². The van der Waals surface area contributed by atoms with Gasteiger partial charge in [0.1, 0.15) is 0 Å². The van der Waals surface area contributed by atoms with Gasteiger partial charge < -0.3 is 15.0 Å². The van der Waals surface area contributed by atoms with Crippen LogP contribution in [-0.4, -0.2) is 63.6 Å². The molecular weight excluding hydrogens is 346 g/mol. The molecule has 3 fully saturated rings. The molecule has 8 nitrogen and oxygen atoms in total. The summed E-state index contributed by atoms with van der Waals surface area (Å²) in [6.45, 7) is 4.69. The first-order chi connectivity index (χ1) is 13.1. The summed E-state index contributed by atoms with van der Waals surface area (Å²) in [5.41, 5.74) is -0.168. The average Bonchev–Trinajstić information content (AvgIpc) is 3.23. The van der Waals surface area contributed by atoms with E-state index in [2.05, 4.69) is 22.6 Å². The fourth-order valence-corrected chi connectivity index (χ4v) is 4.30. The Bertz CT molecular complexity index is 673. The van der Waals surface area contributed by atoms with Crippen molar-refractivity contribution < 1.29 is 14.3 Å². The second kappa shape index (κ2) is 7.58. The highest BCUT2D eigenvalue weighted by molar-refractivity contribution is 5.85. The molecule has 2 amide bonds. The molecule has 1 N–H and O–H groups in total. The lowest BCUT2D eigenvalue weighted by Gasteiger charge is -2.46. The molecule has 2 aliphatic carbocycles. The third-order valence-corrected chi connectivity index (χ3v) is 6.30. The van der Waals surface area contributed by atoms with E-state index in [1.165, 1.54) is 0 Å². The first kappa shape index (κ1) is 18.4. The van der Waals surface area contributed by atoms with E-state index in [4.69, 9.17) is 4.74 Å². The predicted molar refractivity (Wildman–Crippen MR) is 97.6 cm³/mol. The topological polar surface area (TPSA) is 89.4 Å². The van der Waals surface area contributed by atoms with Crippen LogP contribution in [0.15, 0.2) is 12.4 Å². The van der Waals surface area contributed by atoms with E-state index in [0.29, 0.717) is 26.1 Å². The molecule has 1 aromatic heterocycles. The van der Waals surface area contributed by atoms with Gasteiger partial charge in [0, 0.05) is 37.2 Å². The molecule has 1 aliphatic heterocycles. The maximum Gasteiger partial charge on any atom is 0.228 e. The van der Waals surface area contributed by atoms with Gasteiger partial charge in [0.15, 0.2) is 0 Å². The van der Waals surface area contributed by atoms with Gasteiger partial charge in [-0.1, -0.05) is 12.1 Å². The van der Waals surface area contributed by atoms with Gasteiger partial charge in [0.25, 0.3) is 0 Å². The summed E-state index contributed by atoms with van der Waals surface area (Å²) < 4.78 is 7.68. The number of morpholine rings is 1. The molecule has 0 radical (unpaired) electrons. The molecule has 3 aliphatic rings. The molecule has 0 unspecified atom stereocenters. The summed E-state index contributed by atoms with van der Waals surface area (Å²) in [4.78, 5) is 27.5. The zero-order chi connectivity index (χ0) is 18.9. The molecule has 3 atom stereocenters. The summed E-state index contributed by atoms with van der Waals surface area (Å²) in [7, 11) is 0. The van der Waals surface area contributed by atoms with Crippen LogP contribution in [-0.2, 0) is 20.9 Å². The second-order valence-electron chi connectivity index (χ2n) is 8.36. The number of hydrogen-bond acceptors (Lipinski definition) is 5. The van der Waals surface area contributed by atoms with Gasteiger partial charge in [-0.2, -0.15) is 0 Å². The van der Waals surface area contributed by atoms with Crippen molar-refractivity contribution in [2.24, 2.45) is 11.3 Å². The van der Waals surface area contributed by atoms with Gasteiger partial charge in [0.05, 0.1) is 24.9 Å². The number of aromatic nitrogens is 3. The summed E-state index contributed by atoms with van der Waals surface area (Å²) in [5.74, 6) is 0.318. The van der Waals surface area contributed by atoms with E-state index in [0.717, 1.165) is 38.6 Å². The minimum atomic E-state index is -0.168. The van der Waals surface area contributed by atoms with Crippen LogP contribution in [0.25, 0.3) is 0 Å². The number of aryl methyl sites for hydroxylation is 1. The minimum Gasteiger partial charge on any atom is -0.374 e. The predicted octanol–water partition coefficient (Wildman–Crippen LogP) is 0.981. The molecule has 8 heteroatoms. The van der Waals surface area contributed by atoms with Crippen molar-refractivity contribution in [2.45, 2.75) is 64.1 Å². The molecule has 1 aromatic rings. The van der Waals surface area contributed by atoms with Crippen molar-refractivity contribution in [3.8, 4) is 0 Å². The highest BCUT2D eigenvalue weighted by atomic mass is 16.5. The fourth-order valence-electron chi connectivity index (χ4n) is 4.30. The van der Waals surface area contributed by atoms with Crippen molar-refractivity contribution in [3.63, 3.8) is 0 Å². The van der Waals surface area contributed by atoms with E-state index in [1.54, 1.807) is 10.9 Å². The van der Waals surface area contributed by atoms with Crippen molar-refractivity contribution in [1.82, 2.24) is 25.2 Å². The Kier molecular flexibility index (Phi) is 5.16. The minimum absolute atomic E-state index is 0.0402. The van der Waals surface area contributed by atoms with Gasteiger partial charge in [-0.3, -0.25) is 14.3 Å². The number of nitrogens with zero attached hydrogens (tertiary/aromatic N) is 4. The first-order valence-electron chi connectivity index (χ1n) is 10.1.